The van der Waals surface area contributed by atoms with Crippen LogP contribution in [0.2, 0.25) is 0 Å². The smallest absolute Gasteiger partial charge is 0.253 e. The zero-order valence-electron chi connectivity index (χ0n) is 11.8. The Bertz CT molecular complexity index is 399. The lowest BCUT2D eigenvalue weighted by molar-refractivity contribution is 0.0950. The number of amides is 1. The molecule has 3 nitrogen and oxygen atoms in total. The van der Waals surface area contributed by atoms with E-state index in [0.717, 1.165) is 29.8 Å². The number of rotatable bonds is 6. The zero-order valence-corrected chi connectivity index (χ0v) is 11.8. The van der Waals surface area contributed by atoms with Crippen molar-refractivity contribution < 1.29 is 4.79 Å². The van der Waals surface area contributed by atoms with Crippen LogP contribution in [0, 0.1) is 12.8 Å². The molecule has 0 saturated heterocycles. The largest absolute Gasteiger partial charge is 0.384 e. The maximum Gasteiger partial charge on any atom is 0.253 e. The maximum atomic E-state index is 12.1. The van der Waals surface area contributed by atoms with E-state index in [1.165, 1.54) is 0 Å². The highest BCUT2D eigenvalue weighted by molar-refractivity contribution is 5.99. The Morgan fingerprint density at radius 1 is 1.33 bits per heavy atom. The minimum Gasteiger partial charge on any atom is -0.384 e. The molecule has 0 aliphatic carbocycles. The first-order chi connectivity index (χ1) is 8.54. The number of hydrogen-bond acceptors (Lipinski definition) is 2. The summed E-state index contributed by atoms with van der Waals surface area (Å²) in [7, 11) is 0. The van der Waals surface area contributed by atoms with Crippen molar-refractivity contribution in [3.05, 3.63) is 29.3 Å². The number of anilines is 1. The van der Waals surface area contributed by atoms with Crippen molar-refractivity contribution >= 4 is 11.6 Å². The van der Waals surface area contributed by atoms with Gasteiger partial charge in [-0.1, -0.05) is 26.8 Å². The van der Waals surface area contributed by atoms with E-state index < -0.39 is 0 Å². The van der Waals surface area contributed by atoms with Crippen LogP contribution in [-0.2, 0) is 0 Å². The predicted octanol–water partition coefficient (Wildman–Crippen LogP) is 3.20. The highest BCUT2D eigenvalue weighted by atomic mass is 16.1. The first kappa shape index (κ1) is 14.6. The summed E-state index contributed by atoms with van der Waals surface area (Å²) in [6.07, 6.45) is 1.04. The summed E-state index contributed by atoms with van der Waals surface area (Å²) in [5, 5.41) is 6.27. The van der Waals surface area contributed by atoms with Gasteiger partial charge in [-0.3, -0.25) is 4.79 Å². The summed E-state index contributed by atoms with van der Waals surface area (Å²) in [6.45, 7) is 9.92. The molecule has 0 atom stereocenters. The van der Waals surface area contributed by atoms with E-state index in [4.69, 9.17) is 0 Å². The van der Waals surface area contributed by atoms with E-state index in [9.17, 15) is 4.79 Å². The summed E-state index contributed by atoms with van der Waals surface area (Å²) in [4.78, 5) is 12.1. The van der Waals surface area contributed by atoms with Crippen LogP contribution in [0.5, 0.6) is 0 Å². The molecular formula is C15H24N2O. The lowest BCUT2D eigenvalue weighted by Gasteiger charge is -2.13. The SMILES string of the molecule is CCCNc1cc(C)ccc1C(=O)NCC(C)C. The van der Waals surface area contributed by atoms with Crippen LogP contribution in [0.1, 0.15) is 43.1 Å². The molecule has 0 aliphatic rings. The Hall–Kier alpha value is -1.51. The molecule has 0 aliphatic heterocycles. The molecule has 1 rings (SSSR count). The molecule has 1 aromatic rings. The first-order valence-electron chi connectivity index (χ1n) is 6.67. The predicted molar refractivity (Wildman–Crippen MR) is 77.1 cm³/mol. The number of hydrogen-bond donors (Lipinski definition) is 2. The normalized spacial score (nSPS) is 10.5. The molecule has 0 bridgehead atoms. The number of carbonyl (C=O) groups excluding carboxylic acids is 1. The Morgan fingerprint density at radius 3 is 2.67 bits per heavy atom. The topological polar surface area (TPSA) is 41.1 Å². The molecule has 3 heteroatoms. The third-order valence-corrected chi connectivity index (χ3v) is 2.66. The fourth-order valence-corrected chi connectivity index (χ4v) is 1.65. The quantitative estimate of drug-likeness (QED) is 0.811. The van der Waals surface area contributed by atoms with Crippen LogP contribution in [0.25, 0.3) is 0 Å². The Kier molecular flexibility index (Phi) is 5.69. The van der Waals surface area contributed by atoms with E-state index >= 15 is 0 Å². The number of carbonyl (C=O) groups is 1. The summed E-state index contributed by atoms with van der Waals surface area (Å²) < 4.78 is 0. The molecule has 0 heterocycles. The van der Waals surface area contributed by atoms with Crippen molar-refractivity contribution in [1.82, 2.24) is 5.32 Å². The summed E-state index contributed by atoms with van der Waals surface area (Å²) in [5.41, 5.74) is 2.82. The fourth-order valence-electron chi connectivity index (χ4n) is 1.65. The van der Waals surface area contributed by atoms with Crippen LogP contribution in [0.4, 0.5) is 5.69 Å². The molecule has 0 aromatic heterocycles. The molecule has 0 unspecified atom stereocenters. The van der Waals surface area contributed by atoms with Gasteiger partial charge in [0.05, 0.1) is 5.56 Å². The van der Waals surface area contributed by atoms with Gasteiger partial charge in [0.25, 0.3) is 5.91 Å². The minimum absolute atomic E-state index is 0.00213. The second-order valence-corrected chi connectivity index (χ2v) is 5.08. The van der Waals surface area contributed by atoms with Gasteiger partial charge in [-0.25, -0.2) is 0 Å². The number of aryl methyl sites for hydroxylation is 1. The monoisotopic (exact) mass is 248 g/mol. The number of benzene rings is 1. The van der Waals surface area contributed by atoms with Gasteiger partial charge >= 0.3 is 0 Å². The molecule has 18 heavy (non-hydrogen) atoms. The molecule has 0 saturated carbocycles. The summed E-state index contributed by atoms with van der Waals surface area (Å²) in [5.74, 6) is 0.466. The van der Waals surface area contributed by atoms with Gasteiger partial charge in [-0.05, 0) is 37.0 Å². The van der Waals surface area contributed by atoms with E-state index in [-0.39, 0.29) is 5.91 Å². The van der Waals surface area contributed by atoms with Gasteiger partial charge < -0.3 is 10.6 Å². The molecule has 2 N–H and O–H groups in total. The second-order valence-electron chi connectivity index (χ2n) is 5.08. The highest BCUT2D eigenvalue weighted by Gasteiger charge is 2.11. The van der Waals surface area contributed by atoms with Crippen LogP contribution < -0.4 is 10.6 Å². The highest BCUT2D eigenvalue weighted by Crippen LogP contribution is 2.17. The van der Waals surface area contributed by atoms with Gasteiger partial charge in [-0.2, -0.15) is 0 Å². The Morgan fingerprint density at radius 2 is 2.06 bits per heavy atom. The van der Waals surface area contributed by atoms with Crippen molar-refractivity contribution in [2.45, 2.75) is 34.1 Å². The van der Waals surface area contributed by atoms with Gasteiger partial charge in [0.1, 0.15) is 0 Å². The van der Waals surface area contributed by atoms with Crippen LogP contribution >= 0.6 is 0 Å². The van der Waals surface area contributed by atoms with Crippen molar-refractivity contribution in [3.8, 4) is 0 Å². The summed E-state index contributed by atoms with van der Waals surface area (Å²) >= 11 is 0. The third kappa shape index (κ3) is 4.40. The lowest BCUT2D eigenvalue weighted by atomic mass is 10.1. The van der Waals surface area contributed by atoms with Gasteiger partial charge in [-0.15, -0.1) is 0 Å². The average Bonchev–Trinajstić information content (AvgIpc) is 2.33. The number of nitrogens with one attached hydrogen (secondary N) is 2. The van der Waals surface area contributed by atoms with E-state index in [2.05, 4.69) is 31.4 Å². The Labute approximate surface area is 110 Å². The lowest BCUT2D eigenvalue weighted by Crippen LogP contribution is -2.28. The summed E-state index contributed by atoms with van der Waals surface area (Å²) in [6, 6.07) is 5.89. The van der Waals surface area contributed by atoms with Gasteiger partial charge in [0.2, 0.25) is 0 Å². The molecule has 0 fully saturated rings. The van der Waals surface area contributed by atoms with E-state index in [1.807, 2.05) is 25.1 Å². The molecule has 0 radical (unpaired) electrons. The molecular weight excluding hydrogens is 224 g/mol. The molecule has 100 valence electrons. The van der Waals surface area contributed by atoms with E-state index in [0.29, 0.717) is 12.5 Å². The van der Waals surface area contributed by atoms with Crippen LogP contribution in [-0.4, -0.2) is 19.0 Å². The van der Waals surface area contributed by atoms with Crippen molar-refractivity contribution in [3.63, 3.8) is 0 Å². The van der Waals surface area contributed by atoms with Crippen LogP contribution in [0.15, 0.2) is 18.2 Å². The average molecular weight is 248 g/mol. The molecule has 1 amide bonds. The first-order valence-corrected chi connectivity index (χ1v) is 6.67. The zero-order chi connectivity index (χ0) is 13.5. The van der Waals surface area contributed by atoms with Crippen molar-refractivity contribution in [1.29, 1.82) is 0 Å². The third-order valence-electron chi connectivity index (χ3n) is 2.66. The van der Waals surface area contributed by atoms with Crippen molar-refractivity contribution in [2.75, 3.05) is 18.4 Å². The Balaban J connectivity index is 2.82. The van der Waals surface area contributed by atoms with Gasteiger partial charge in [0.15, 0.2) is 0 Å². The van der Waals surface area contributed by atoms with Crippen molar-refractivity contribution in [2.24, 2.45) is 5.92 Å². The molecule has 0 spiro atoms. The fraction of sp³-hybridized carbons (Fsp3) is 0.533. The van der Waals surface area contributed by atoms with Crippen LogP contribution in [0.3, 0.4) is 0 Å². The second kappa shape index (κ2) is 7.04. The minimum atomic E-state index is 0.00213. The molecule has 1 aromatic carbocycles. The maximum absolute atomic E-state index is 12.1. The van der Waals surface area contributed by atoms with E-state index in [1.54, 1.807) is 0 Å². The standard InChI is InChI=1S/C15H24N2O/c1-5-8-16-14-9-12(4)6-7-13(14)15(18)17-10-11(2)3/h6-7,9,11,16H,5,8,10H2,1-4H3,(H,17,18). The van der Waals surface area contributed by atoms with Gasteiger partial charge in [0, 0.05) is 18.8 Å².